The van der Waals surface area contributed by atoms with Crippen LogP contribution in [0.5, 0.6) is 0 Å². The molecule has 3 aromatic carbocycles. The van der Waals surface area contributed by atoms with Crippen LogP contribution in [0.4, 0.5) is 21.0 Å². The van der Waals surface area contributed by atoms with Crippen LogP contribution in [-0.4, -0.2) is 53.7 Å². The number of hydrogen-bond acceptors (Lipinski definition) is 6. The maximum absolute atomic E-state index is 13.2. The maximum Gasteiger partial charge on any atom is 0.412 e. The van der Waals surface area contributed by atoms with E-state index in [0.717, 1.165) is 47.1 Å². The van der Waals surface area contributed by atoms with Gasteiger partial charge in [-0.25, -0.2) is 9.59 Å². The molecule has 2 amide bonds. The minimum atomic E-state index is -0.995. The van der Waals surface area contributed by atoms with Gasteiger partial charge in [-0.15, -0.1) is 0 Å². The van der Waals surface area contributed by atoms with Gasteiger partial charge in [-0.2, -0.15) is 0 Å². The number of nitrogens with one attached hydrogen (secondary N) is 2. The number of rotatable bonds is 12. The fourth-order valence-corrected chi connectivity index (χ4v) is 5.25. The zero-order valence-corrected chi connectivity index (χ0v) is 35.7. The highest BCUT2D eigenvalue weighted by Gasteiger charge is 2.21. The predicted octanol–water partition coefficient (Wildman–Crippen LogP) is 12.2. The van der Waals surface area contributed by atoms with Crippen molar-refractivity contribution in [3.63, 3.8) is 0 Å². The van der Waals surface area contributed by atoms with Crippen molar-refractivity contribution in [2.24, 2.45) is 0 Å². The van der Waals surface area contributed by atoms with Gasteiger partial charge in [-0.05, 0) is 98.8 Å². The molecule has 4 rings (SSSR count). The summed E-state index contributed by atoms with van der Waals surface area (Å²) >= 11 is 0. The Labute approximate surface area is 338 Å². The molecule has 304 valence electrons. The van der Waals surface area contributed by atoms with Crippen LogP contribution in [-0.2, 0) is 9.47 Å². The third kappa shape index (κ3) is 18.4. The molecule has 8 heteroatoms. The lowest BCUT2D eigenvalue weighted by Crippen LogP contribution is -2.41. The second-order valence-corrected chi connectivity index (χ2v) is 13.2. The van der Waals surface area contributed by atoms with E-state index in [1.807, 2.05) is 117 Å². The highest BCUT2D eigenvalue weighted by molar-refractivity contribution is 5.85. The summed E-state index contributed by atoms with van der Waals surface area (Å²) in [5.41, 5.74) is 5.76. The van der Waals surface area contributed by atoms with Crippen molar-refractivity contribution in [1.82, 2.24) is 4.90 Å². The van der Waals surface area contributed by atoms with E-state index in [2.05, 4.69) is 72.8 Å². The number of benzene rings is 3. The number of ether oxygens (including phenoxy) is 2. The number of aliphatic hydroxyl groups is 1. The molecule has 3 aromatic rings. The van der Waals surface area contributed by atoms with Gasteiger partial charge in [0.2, 0.25) is 0 Å². The van der Waals surface area contributed by atoms with E-state index in [9.17, 15) is 14.7 Å². The normalized spacial score (nSPS) is 12.4. The van der Waals surface area contributed by atoms with Gasteiger partial charge in [0.1, 0.15) is 11.8 Å². The number of amides is 2. The quantitative estimate of drug-likeness (QED) is 0.125. The van der Waals surface area contributed by atoms with E-state index < -0.39 is 24.0 Å². The molecule has 1 aliphatic rings. The first-order chi connectivity index (χ1) is 27.0. The molecule has 0 fully saturated rings. The number of anilines is 2. The highest BCUT2D eigenvalue weighted by Crippen LogP contribution is 2.28. The molecule has 0 saturated heterocycles. The molecule has 2 unspecified atom stereocenters. The molecule has 0 aliphatic heterocycles. The highest BCUT2D eigenvalue weighted by atomic mass is 16.6. The van der Waals surface area contributed by atoms with Crippen molar-refractivity contribution in [3.8, 4) is 11.8 Å². The number of carbonyl (C=O) groups is 2. The molecule has 0 saturated carbocycles. The molecule has 8 nitrogen and oxygen atoms in total. The molecular weight excluding hydrogens is 699 g/mol. The third-order valence-corrected chi connectivity index (χ3v) is 7.79. The molecule has 0 bridgehead atoms. The Morgan fingerprint density at radius 1 is 0.857 bits per heavy atom. The van der Waals surface area contributed by atoms with Crippen molar-refractivity contribution in [2.45, 2.75) is 113 Å². The second-order valence-electron chi connectivity index (χ2n) is 13.2. The van der Waals surface area contributed by atoms with E-state index >= 15 is 0 Å². The van der Waals surface area contributed by atoms with Crippen molar-refractivity contribution in [3.05, 3.63) is 125 Å². The summed E-state index contributed by atoms with van der Waals surface area (Å²) < 4.78 is 11.1. The van der Waals surface area contributed by atoms with E-state index in [1.54, 1.807) is 17.0 Å². The van der Waals surface area contributed by atoms with Crippen LogP contribution >= 0.6 is 0 Å². The molecule has 0 spiro atoms. The van der Waals surface area contributed by atoms with E-state index in [-0.39, 0.29) is 19.1 Å². The number of aliphatic hydroxyl groups excluding tert-OH is 1. The number of allylic oxidation sites excluding steroid dienone is 6. The van der Waals surface area contributed by atoms with Crippen LogP contribution in [0.1, 0.15) is 124 Å². The van der Waals surface area contributed by atoms with Crippen LogP contribution < -0.4 is 10.6 Å². The molecular formula is C48H67N3O5. The van der Waals surface area contributed by atoms with Gasteiger partial charge in [0.15, 0.2) is 0 Å². The van der Waals surface area contributed by atoms with Crippen LogP contribution in [0.25, 0.3) is 5.57 Å². The Kier molecular flexibility index (Phi) is 23.8. The van der Waals surface area contributed by atoms with Crippen molar-refractivity contribution >= 4 is 29.1 Å². The first-order valence-electron chi connectivity index (χ1n) is 20.2. The van der Waals surface area contributed by atoms with Crippen LogP contribution in [0, 0.1) is 11.8 Å². The monoisotopic (exact) mass is 766 g/mol. The third-order valence-electron chi connectivity index (χ3n) is 7.79. The fourth-order valence-electron chi connectivity index (χ4n) is 5.25. The Hall–Kier alpha value is -5.26. The smallest absolute Gasteiger partial charge is 0.412 e. The Morgan fingerprint density at radius 2 is 1.45 bits per heavy atom. The van der Waals surface area contributed by atoms with Crippen LogP contribution in [0.3, 0.4) is 0 Å². The van der Waals surface area contributed by atoms with E-state index in [0.29, 0.717) is 17.9 Å². The number of hydrogen-bond donors (Lipinski definition) is 3. The van der Waals surface area contributed by atoms with Gasteiger partial charge < -0.3 is 24.8 Å². The minimum Gasteiger partial charge on any atom is -0.449 e. The largest absolute Gasteiger partial charge is 0.449 e. The number of unbranched alkanes of at least 4 members (excludes halogenated alkanes) is 1. The Morgan fingerprint density at radius 3 is 2.04 bits per heavy atom. The molecule has 3 N–H and O–H groups in total. The van der Waals surface area contributed by atoms with Gasteiger partial charge in [-0.3, -0.25) is 5.32 Å². The summed E-state index contributed by atoms with van der Waals surface area (Å²) in [6.07, 6.45) is 11.2. The lowest BCUT2D eigenvalue weighted by atomic mass is 9.91. The molecule has 1 aliphatic carbocycles. The minimum absolute atomic E-state index is 0.0149. The summed E-state index contributed by atoms with van der Waals surface area (Å²) in [4.78, 5) is 26.8. The fraction of sp³-hybridized carbons (Fsp3) is 0.417. The molecule has 2 atom stereocenters. The van der Waals surface area contributed by atoms with Crippen LogP contribution in [0.15, 0.2) is 103 Å². The van der Waals surface area contributed by atoms with Crippen molar-refractivity contribution in [1.29, 1.82) is 0 Å². The summed E-state index contributed by atoms with van der Waals surface area (Å²) in [6.45, 7) is 22.4. The molecule has 0 radical (unpaired) electrons. The average molecular weight is 766 g/mol. The Bertz CT molecular complexity index is 1730. The van der Waals surface area contributed by atoms with Gasteiger partial charge in [0.25, 0.3) is 0 Å². The van der Waals surface area contributed by atoms with Crippen molar-refractivity contribution in [2.75, 3.05) is 30.3 Å². The van der Waals surface area contributed by atoms with Crippen molar-refractivity contribution < 1.29 is 24.2 Å². The Balaban J connectivity index is 0.00000249. The average Bonchev–Trinajstić information content (AvgIpc) is 3.50. The summed E-state index contributed by atoms with van der Waals surface area (Å²) in [5, 5.41) is 16.7. The number of carbonyl (C=O) groups excluding carboxylic acids is 2. The lowest BCUT2D eigenvalue weighted by molar-refractivity contribution is 0.0635. The molecule has 0 aromatic heterocycles. The van der Waals surface area contributed by atoms with E-state index in [4.69, 9.17) is 9.47 Å². The summed E-state index contributed by atoms with van der Waals surface area (Å²) in [7, 11) is 0. The first-order valence-corrected chi connectivity index (χ1v) is 20.2. The van der Waals surface area contributed by atoms with E-state index in [1.165, 1.54) is 0 Å². The maximum atomic E-state index is 13.2. The zero-order valence-electron chi connectivity index (χ0n) is 35.7. The predicted molar refractivity (Wildman–Crippen MR) is 236 cm³/mol. The standard InChI is InChI=1S/C42H49N3O5.3C2H6/c1-6-7-28-45(41(48)49-30-31(2)37-16-12-13-17-38(37)34-14-10-8-9-11-15-34)29-39(46)43-35-24-20-32(21-25-35)18-19-33-22-26-36(27-23-33)44-40(47)50-42(3,4)5;3*1-2/h8-10,12-17,20-27,31,39,43,46H,6-7,11,28-30H2,1-5H3,(H,44,47);3*1-2H3. The van der Waals surface area contributed by atoms with Gasteiger partial charge >= 0.3 is 12.2 Å². The number of nitrogens with zero attached hydrogens (tertiary/aromatic N) is 1. The van der Waals surface area contributed by atoms with Gasteiger partial charge in [0.05, 0.1) is 13.2 Å². The SMILES string of the molecule is CC.CC.CC.CCCCN(CC(O)Nc1ccc(C#Cc2ccc(NC(=O)OC(C)(C)C)cc2)cc1)C(=O)OCC(C)c1ccccc1C1=CCC=CC=C1. The first kappa shape index (κ1) is 48.8. The molecule has 56 heavy (non-hydrogen) atoms. The summed E-state index contributed by atoms with van der Waals surface area (Å²) in [6, 6.07) is 22.8. The zero-order chi connectivity index (χ0) is 41.9. The van der Waals surface area contributed by atoms with Crippen LogP contribution in [0.2, 0.25) is 0 Å². The second kappa shape index (κ2) is 27.3. The topological polar surface area (TPSA) is 100 Å². The van der Waals surface area contributed by atoms with Gasteiger partial charge in [0, 0.05) is 35.0 Å². The summed E-state index contributed by atoms with van der Waals surface area (Å²) in [5.74, 6) is 6.24. The lowest BCUT2D eigenvalue weighted by Gasteiger charge is -2.26. The molecule has 0 heterocycles. The van der Waals surface area contributed by atoms with Gasteiger partial charge in [-0.1, -0.05) is 128 Å².